The molecule has 3 nitrogen and oxygen atoms in total. The molecule has 102 valence electrons. The largest absolute Gasteiger partial charge is 0.466 e. The quantitative estimate of drug-likeness (QED) is 0.699. The fourth-order valence-electron chi connectivity index (χ4n) is 1.70. The van der Waals surface area contributed by atoms with E-state index >= 15 is 0 Å². The zero-order valence-corrected chi connectivity index (χ0v) is 12.1. The third-order valence-corrected chi connectivity index (χ3v) is 2.71. The minimum atomic E-state index is -0.106. The highest BCUT2D eigenvalue weighted by Gasteiger charge is 2.16. The van der Waals surface area contributed by atoms with Crippen molar-refractivity contribution in [1.29, 1.82) is 0 Å². The Labute approximate surface area is 106 Å². The van der Waals surface area contributed by atoms with Crippen molar-refractivity contribution in [1.82, 2.24) is 0 Å². The molecular formula is C14H29NO2. The standard InChI is InChI=1S/C14H29NO2/c1-11(2)8-12(10-15)9-13(16)17-7-6-14(3,4)5/h11-12H,6-10,15H2,1-5H3/t12-/m0/s1. The third-order valence-electron chi connectivity index (χ3n) is 2.71. The van der Waals surface area contributed by atoms with Gasteiger partial charge in [-0.25, -0.2) is 0 Å². The summed E-state index contributed by atoms with van der Waals surface area (Å²) >= 11 is 0. The summed E-state index contributed by atoms with van der Waals surface area (Å²) in [6.07, 6.45) is 2.35. The molecule has 0 aliphatic heterocycles. The minimum Gasteiger partial charge on any atom is -0.466 e. The molecule has 0 heterocycles. The normalized spacial score (nSPS) is 13.8. The number of carbonyl (C=O) groups excluding carboxylic acids is 1. The van der Waals surface area contributed by atoms with Crippen molar-refractivity contribution >= 4 is 5.97 Å². The SMILES string of the molecule is CC(C)C[C@H](CN)CC(=O)OCCC(C)(C)C. The van der Waals surface area contributed by atoms with Crippen LogP contribution < -0.4 is 5.73 Å². The second-order valence-corrected chi connectivity index (χ2v) is 6.47. The Hall–Kier alpha value is -0.570. The summed E-state index contributed by atoms with van der Waals surface area (Å²) in [7, 11) is 0. The molecule has 0 rings (SSSR count). The second-order valence-electron chi connectivity index (χ2n) is 6.47. The Balaban J connectivity index is 3.83. The number of esters is 1. The Morgan fingerprint density at radius 1 is 1.29 bits per heavy atom. The summed E-state index contributed by atoms with van der Waals surface area (Å²) in [5.74, 6) is 0.730. The van der Waals surface area contributed by atoms with Crippen molar-refractivity contribution in [3.63, 3.8) is 0 Å². The monoisotopic (exact) mass is 243 g/mol. The van der Waals surface area contributed by atoms with E-state index in [-0.39, 0.29) is 17.3 Å². The average Bonchev–Trinajstić information content (AvgIpc) is 2.13. The van der Waals surface area contributed by atoms with Crippen LogP contribution in [0.2, 0.25) is 0 Å². The highest BCUT2D eigenvalue weighted by Crippen LogP contribution is 2.19. The smallest absolute Gasteiger partial charge is 0.306 e. The van der Waals surface area contributed by atoms with E-state index in [2.05, 4.69) is 34.6 Å². The van der Waals surface area contributed by atoms with Crippen LogP contribution in [0.3, 0.4) is 0 Å². The van der Waals surface area contributed by atoms with Crippen molar-refractivity contribution < 1.29 is 9.53 Å². The number of nitrogens with two attached hydrogens (primary N) is 1. The molecule has 0 unspecified atom stereocenters. The van der Waals surface area contributed by atoms with Crippen molar-refractivity contribution in [3.05, 3.63) is 0 Å². The van der Waals surface area contributed by atoms with Gasteiger partial charge >= 0.3 is 5.97 Å². The highest BCUT2D eigenvalue weighted by molar-refractivity contribution is 5.69. The van der Waals surface area contributed by atoms with Crippen LogP contribution >= 0.6 is 0 Å². The summed E-state index contributed by atoms with van der Waals surface area (Å²) < 4.78 is 5.24. The van der Waals surface area contributed by atoms with Crippen molar-refractivity contribution in [2.75, 3.05) is 13.2 Å². The maximum atomic E-state index is 11.6. The zero-order valence-electron chi connectivity index (χ0n) is 12.1. The van der Waals surface area contributed by atoms with Crippen molar-refractivity contribution in [2.45, 2.75) is 53.9 Å². The van der Waals surface area contributed by atoms with Crippen LogP contribution in [0.25, 0.3) is 0 Å². The van der Waals surface area contributed by atoms with Crippen LogP contribution in [0.1, 0.15) is 53.9 Å². The second kappa shape index (κ2) is 7.70. The van der Waals surface area contributed by atoms with Gasteiger partial charge in [0, 0.05) is 6.42 Å². The molecule has 1 atom stereocenters. The molecule has 0 aromatic heterocycles. The van der Waals surface area contributed by atoms with E-state index in [1.54, 1.807) is 0 Å². The molecule has 0 fully saturated rings. The lowest BCUT2D eigenvalue weighted by molar-refractivity contribution is -0.145. The van der Waals surface area contributed by atoms with E-state index in [0.29, 0.717) is 25.5 Å². The molecule has 17 heavy (non-hydrogen) atoms. The summed E-state index contributed by atoms with van der Waals surface area (Å²) in [4.78, 5) is 11.6. The van der Waals surface area contributed by atoms with Gasteiger partial charge in [0.05, 0.1) is 6.61 Å². The lowest BCUT2D eigenvalue weighted by atomic mass is 9.93. The van der Waals surface area contributed by atoms with Gasteiger partial charge in [0.2, 0.25) is 0 Å². The molecule has 0 saturated heterocycles. The molecule has 3 heteroatoms. The lowest BCUT2D eigenvalue weighted by Crippen LogP contribution is -2.22. The molecule has 2 N–H and O–H groups in total. The Morgan fingerprint density at radius 3 is 2.29 bits per heavy atom. The highest BCUT2D eigenvalue weighted by atomic mass is 16.5. The predicted octanol–water partition coefficient (Wildman–Crippen LogP) is 2.98. The average molecular weight is 243 g/mol. The Morgan fingerprint density at radius 2 is 1.88 bits per heavy atom. The van der Waals surface area contributed by atoms with E-state index < -0.39 is 0 Å². The first-order chi connectivity index (χ1) is 7.74. The van der Waals surface area contributed by atoms with Gasteiger partial charge in [-0.3, -0.25) is 4.79 Å². The Bertz CT molecular complexity index is 219. The number of hydrogen-bond acceptors (Lipinski definition) is 3. The fraction of sp³-hybridized carbons (Fsp3) is 0.929. The molecule has 0 saturated carbocycles. The first-order valence-electron chi connectivity index (χ1n) is 6.60. The van der Waals surface area contributed by atoms with Gasteiger partial charge in [0.25, 0.3) is 0 Å². The molecular weight excluding hydrogens is 214 g/mol. The van der Waals surface area contributed by atoms with Crippen LogP contribution in [-0.4, -0.2) is 19.1 Å². The van der Waals surface area contributed by atoms with Gasteiger partial charge in [-0.15, -0.1) is 0 Å². The molecule has 0 aliphatic carbocycles. The first kappa shape index (κ1) is 16.4. The lowest BCUT2D eigenvalue weighted by Gasteiger charge is -2.19. The fourth-order valence-corrected chi connectivity index (χ4v) is 1.70. The van der Waals surface area contributed by atoms with Gasteiger partial charge in [-0.1, -0.05) is 34.6 Å². The number of carbonyl (C=O) groups is 1. The Kier molecular flexibility index (Phi) is 7.44. The van der Waals surface area contributed by atoms with Crippen LogP contribution in [0.4, 0.5) is 0 Å². The van der Waals surface area contributed by atoms with E-state index in [1.807, 2.05) is 0 Å². The number of hydrogen-bond donors (Lipinski definition) is 1. The van der Waals surface area contributed by atoms with Crippen LogP contribution in [0.5, 0.6) is 0 Å². The van der Waals surface area contributed by atoms with E-state index in [9.17, 15) is 4.79 Å². The zero-order chi connectivity index (χ0) is 13.5. The van der Waals surface area contributed by atoms with E-state index in [4.69, 9.17) is 10.5 Å². The van der Waals surface area contributed by atoms with Crippen molar-refractivity contribution in [2.24, 2.45) is 23.0 Å². The van der Waals surface area contributed by atoms with Crippen LogP contribution in [0, 0.1) is 17.3 Å². The summed E-state index contributed by atoms with van der Waals surface area (Å²) in [5, 5.41) is 0. The molecule has 0 bridgehead atoms. The van der Waals surface area contributed by atoms with Gasteiger partial charge in [-0.2, -0.15) is 0 Å². The molecule has 0 aromatic rings. The van der Waals surface area contributed by atoms with E-state index in [1.165, 1.54) is 0 Å². The van der Waals surface area contributed by atoms with Gasteiger partial charge in [0.15, 0.2) is 0 Å². The summed E-state index contributed by atoms with van der Waals surface area (Å²) in [6, 6.07) is 0. The van der Waals surface area contributed by atoms with Crippen LogP contribution in [-0.2, 0) is 9.53 Å². The van der Waals surface area contributed by atoms with Gasteiger partial charge in [0.1, 0.15) is 0 Å². The molecule has 0 aliphatic rings. The third kappa shape index (κ3) is 10.3. The number of ether oxygens (including phenoxy) is 1. The molecule has 0 spiro atoms. The predicted molar refractivity (Wildman–Crippen MR) is 71.6 cm³/mol. The van der Waals surface area contributed by atoms with Crippen molar-refractivity contribution in [3.8, 4) is 0 Å². The maximum absolute atomic E-state index is 11.6. The van der Waals surface area contributed by atoms with E-state index in [0.717, 1.165) is 12.8 Å². The van der Waals surface area contributed by atoms with Gasteiger partial charge < -0.3 is 10.5 Å². The molecule has 0 amide bonds. The first-order valence-corrected chi connectivity index (χ1v) is 6.60. The maximum Gasteiger partial charge on any atom is 0.306 e. The topological polar surface area (TPSA) is 52.3 Å². The molecule has 0 radical (unpaired) electrons. The van der Waals surface area contributed by atoms with Gasteiger partial charge in [-0.05, 0) is 36.6 Å². The summed E-state index contributed by atoms with van der Waals surface area (Å²) in [5.41, 5.74) is 5.87. The minimum absolute atomic E-state index is 0.106. The molecule has 0 aromatic carbocycles. The number of rotatable bonds is 7. The van der Waals surface area contributed by atoms with Crippen LogP contribution in [0.15, 0.2) is 0 Å². The summed E-state index contributed by atoms with van der Waals surface area (Å²) in [6.45, 7) is 11.8.